The average Bonchev–Trinajstić information content (AvgIpc) is 2.15. The topological polar surface area (TPSA) is 26.3 Å². The zero-order chi connectivity index (χ0) is 11.4. The Kier molecular flexibility index (Phi) is 4.61. The third-order valence-corrected chi connectivity index (χ3v) is 2.81. The normalized spacial score (nSPS) is 12.3. The highest BCUT2D eigenvalue weighted by Gasteiger charge is 2.10. The first-order valence-electron chi connectivity index (χ1n) is 4.55. The van der Waals surface area contributed by atoms with Crippen molar-refractivity contribution in [3.8, 4) is 0 Å². The van der Waals surface area contributed by atoms with Crippen molar-refractivity contribution in [2.24, 2.45) is 0 Å². The molecule has 0 aliphatic carbocycles. The summed E-state index contributed by atoms with van der Waals surface area (Å²) in [6.45, 7) is 3.22. The maximum Gasteiger partial charge on any atom is 0.303 e. The molecule has 1 unspecified atom stereocenters. The Balaban J connectivity index is 2.92. The number of hydrogen-bond donors (Lipinski definition) is 0. The molecule has 4 heteroatoms. The van der Waals surface area contributed by atoms with E-state index in [0.29, 0.717) is 5.02 Å². The molecular weight excluding hydrogens is 279 g/mol. The SMILES string of the molecule is CC(=O)OC(C)c1cc(Cl)cc(CBr)c1. The van der Waals surface area contributed by atoms with Crippen molar-refractivity contribution in [3.63, 3.8) is 0 Å². The van der Waals surface area contributed by atoms with E-state index >= 15 is 0 Å². The lowest BCUT2D eigenvalue weighted by Gasteiger charge is -2.13. The zero-order valence-electron chi connectivity index (χ0n) is 8.59. The fourth-order valence-electron chi connectivity index (χ4n) is 1.30. The lowest BCUT2D eigenvalue weighted by molar-refractivity contribution is -0.145. The van der Waals surface area contributed by atoms with E-state index in [1.807, 2.05) is 19.1 Å². The highest BCUT2D eigenvalue weighted by atomic mass is 79.9. The molecule has 0 N–H and O–H groups in total. The first-order valence-corrected chi connectivity index (χ1v) is 6.05. The summed E-state index contributed by atoms with van der Waals surface area (Å²) < 4.78 is 5.08. The largest absolute Gasteiger partial charge is 0.458 e. The van der Waals surface area contributed by atoms with Gasteiger partial charge in [-0.1, -0.05) is 33.6 Å². The molecule has 1 atom stereocenters. The van der Waals surface area contributed by atoms with Crippen LogP contribution >= 0.6 is 27.5 Å². The summed E-state index contributed by atoms with van der Waals surface area (Å²) in [7, 11) is 0. The minimum absolute atomic E-state index is 0.265. The quantitative estimate of drug-likeness (QED) is 0.624. The monoisotopic (exact) mass is 290 g/mol. The van der Waals surface area contributed by atoms with Crippen LogP contribution in [-0.4, -0.2) is 5.97 Å². The highest BCUT2D eigenvalue weighted by Crippen LogP contribution is 2.24. The van der Waals surface area contributed by atoms with Crippen molar-refractivity contribution in [1.82, 2.24) is 0 Å². The van der Waals surface area contributed by atoms with Gasteiger partial charge in [0.05, 0.1) is 0 Å². The predicted molar refractivity (Wildman–Crippen MR) is 64.3 cm³/mol. The van der Waals surface area contributed by atoms with Crippen molar-refractivity contribution < 1.29 is 9.53 Å². The second kappa shape index (κ2) is 5.52. The standard InChI is InChI=1S/C11H12BrClO2/c1-7(15-8(2)14)10-3-9(6-12)4-11(13)5-10/h3-5,7H,6H2,1-2H3. The van der Waals surface area contributed by atoms with E-state index in [1.54, 1.807) is 6.07 Å². The number of alkyl halides is 1. The Morgan fingerprint density at radius 2 is 2.20 bits per heavy atom. The Morgan fingerprint density at radius 3 is 2.73 bits per heavy atom. The van der Waals surface area contributed by atoms with E-state index in [-0.39, 0.29) is 12.1 Å². The first kappa shape index (κ1) is 12.5. The smallest absolute Gasteiger partial charge is 0.303 e. The summed E-state index contributed by atoms with van der Waals surface area (Å²) in [5.74, 6) is -0.289. The summed E-state index contributed by atoms with van der Waals surface area (Å²) in [5, 5.41) is 1.38. The minimum atomic E-state index is -0.289. The van der Waals surface area contributed by atoms with Crippen molar-refractivity contribution in [2.45, 2.75) is 25.3 Å². The zero-order valence-corrected chi connectivity index (χ0v) is 10.9. The maximum absolute atomic E-state index is 10.8. The van der Waals surface area contributed by atoms with Gasteiger partial charge in [0.2, 0.25) is 0 Å². The average molecular weight is 292 g/mol. The van der Waals surface area contributed by atoms with Gasteiger partial charge >= 0.3 is 5.97 Å². The number of ether oxygens (including phenoxy) is 1. The van der Waals surface area contributed by atoms with Gasteiger partial charge < -0.3 is 4.74 Å². The van der Waals surface area contributed by atoms with Crippen LogP contribution in [0.1, 0.15) is 31.1 Å². The van der Waals surface area contributed by atoms with Gasteiger partial charge in [-0.25, -0.2) is 0 Å². The Bertz CT molecular complexity index is 366. The van der Waals surface area contributed by atoms with Gasteiger partial charge in [-0.3, -0.25) is 4.79 Å². The van der Waals surface area contributed by atoms with E-state index in [0.717, 1.165) is 16.5 Å². The first-order chi connectivity index (χ1) is 7.02. The molecule has 0 saturated carbocycles. The third kappa shape index (κ3) is 3.84. The second-order valence-corrected chi connectivity index (χ2v) is 4.28. The van der Waals surface area contributed by atoms with Crippen molar-refractivity contribution >= 4 is 33.5 Å². The van der Waals surface area contributed by atoms with Crippen LogP contribution in [0, 0.1) is 0 Å². The molecule has 0 amide bonds. The van der Waals surface area contributed by atoms with Crippen LogP contribution in [0.25, 0.3) is 0 Å². The molecule has 0 spiro atoms. The maximum atomic E-state index is 10.8. The molecular formula is C11H12BrClO2. The van der Waals surface area contributed by atoms with Crippen LogP contribution in [0.15, 0.2) is 18.2 Å². The van der Waals surface area contributed by atoms with E-state index in [1.165, 1.54) is 6.92 Å². The number of halogens is 2. The van der Waals surface area contributed by atoms with E-state index in [9.17, 15) is 4.79 Å². The van der Waals surface area contributed by atoms with Crippen molar-refractivity contribution in [3.05, 3.63) is 34.3 Å². The lowest BCUT2D eigenvalue weighted by Crippen LogP contribution is -2.05. The number of benzene rings is 1. The Morgan fingerprint density at radius 1 is 1.53 bits per heavy atom. The Labute approximate surface area is 103 Å². The Hall–Kier alpha value is -0.540. The molecule has 2 nitrogen and oxygen atoms in total. The van der Waals surface area contributed by atoms with Gasteiger partial charge in [-0.05, 0) is 30.2 Å². The van der Waals surface area contributed by atoms with Gasteiger partial charge in [-0.2, -0.15) is 0 Å². The van der Waals surface area contributed by atoms with Gasteiger partial charge in [0.1, 0.15) is 6.10 Å². The molecule has 15 heavy (non-hydrogen) atoms. The molecule has 1 rings (SSSR count). The third-order valence-electron chi connectivity index (χ3n) is 1.95. The molecule has 0 saturated heterocycles. The summed E-state index contributed by atoms with van der Waals surface area (Å²) in [6.07, 6.45) is -0.265. The van der Waals surface area contributed by atoms with Gasteiger partial charge in [-0.15, -0.1) is 0 Å². The molecule has 0 aromatic heterocycles. The molecule has 0 aliphatic rings. The number of carbonyl (C=O) groups is 1. The van der Waals surface area contributed by atoms with Gasteiger partial charge in [0.25, 0.3) is 0 Å². The fraction of sp³-hybridized carbons (Fsp3) is 0.364. The van der Waals surface area contributed by atoms with Crippen LogP contribution < -0.4 is 0 Å². The summed E-state index contributed by atoms with van der Waals surface area (Å²) >= 11 is 9.31. The van der Waals surface area contributed by atoms with Crippen LogP contribution in [0.5, 0.6) is 0 Å². The van der Waals surface area contributed by atoms with Crippen LogP contribution in [-0.2, 0) is 14.9 Å². The summed E-state index contributed by atoms with van der Waals surface area (Å²) in [5.41, 5.74) is 1.98. The highest BCUT2D eigenvalue weighted by molar-refractivity contribution is 9.08. The van der Waals surface area contributed by atoms with Crippen molar-refractivity contribution in [2.75, 3.05) is 0 Å². The molecule has 0 heterocycles. The predicted octanol–water partition coefficient (Wildman–Crippen LogP) is 3.86. The fourth-order valence-corrected chi connectivity index (χ4v) is 1.89. The van der Waals surface area contributed by atoms with Gasteiger partial charge in [0, 0.05) is 17.3 Å². The van der Waals surface area contributed by atoms with Gasteiger partial charge in [0.15, 0.2) is 0 Å². The minimum Gasteiger partial charge on any atom is -0.458 e. The van der Waals surface area contributed by atoms with E-state index in [2.05, 4.69) is 15.9 Å². The lowest BCUT2D eigenvalue weighted by atomic mass is 10.1. The van der Waals surface area contributed by atoms with Crippen molar-refractivity contribution in [1.29, 1.82) is 0 Å². The summed E-state index contributed by atoms with van der Waals surface area (Å²) in [4.78, 5) is 10.8. The van der Waals surface area contributed by atoms with Crippen LogP contribution in [0.4, 0.5) is 0 Å². The number of hydrogen-bond acceptors (Lipinski definition) is 2. The molecule has 0 bridgehead atoms. The molecule has 0 fully saturated rings. The molecule has 1 aromatic rings. The number of carbonyl (C=O) groups excluding carboxylic acids is 1. The number of esters is 1. The van der Waals surface area contributed by atoms with E-state index < -0.39 is 0 Å². The van der Waals surface area contributed by atoms with Crippen LogP contribution in [0.2, 0.25) is 5.02 Å². The summed E-state index contributed by atoms with van der Waals surface area (Å²) in [6, 6.07) is 5.65. The molecule has 1 aromatic carbocycles. The molecule has 82 valence electrons. The number of rotatable bonds is 3. The van der Waals surface area contributed by atoms with E-state index in [4.69, 9.17) is 16.3 Å². The molecule has 0 aliphatic heterocycles. The molecule has 0 radical (unpaired) electrons. The van der Waals surface area contributed by atoms with Crippen LogP contribution in [0.3, 0.4) is 0 Å². The second-order valence-electron chi connectivity index (χ2n) is 3.28.